The molecule has 0 amide bonds. The number of hydrogen-bond acceptors (Lipinski definition) is 10. The summed E-state index contributed by atoms with van der Waals surface area (Å²) < 4.78 is 17.8. The molecular formula is C18H25N5O7. The van der Waals surface area contributed by atoms with Crippen LogP contribution in [0, 0.1) is 5.92 Å². The first-order valence-corrected chi connectivity index (χ1v) is 9.52. The smallest absolute Gasteiger partial charge is 0.303 e. The van der Waals surface area contributed by atoms with Crippen LogP contribution in [0.3, 0.4) is 0 Å². The molecule has 0 saturated carbocycles. The van der Waals surface area contributed by atoms with E-state index in [1.165, 1.54) is 24.7 Å². The van der Waals surface area contributed by atoms with Gasteiger partial charge in [0.15, 0.2) is 29.6 Å². The number of carbonyl (C=O) groups excluding carboxylic acids is 2. The van der Waals surface area contributed by atoms with Crippen molar-refractivity contribution in [3.05, 3.63) is 16.7 Å². The van der Waals surface area contributed by atoms with E-state index in [0.29, 0.717) is 12.5 Å². The summed E-state index contributed by atoms with van der Waals surface area (Å²) >= 11 is 0. The number of nitrogens with zero attached hydrogens (tertiary/aromatic N) is 3. The molecule has 0 radical (unpaired) electrons. The first-order chi connectivity index (χ1) is 14.2. The molecule has 1 saturated heterocycles. The van der Waals surface area contributed by atoms with E-state index >= 15 is 0 Å². The van der Waals surface area contributed by atoms with Gasteiger partial charge in [0.05, 0.1) is 12.9 Å². The molecule has 2 aromatic rings. The van der Waals surface area contributed by atoms with E-state index < -0.39 is 48.6 Å². The molecule has 1 fully saturated rings. The molecule has 12 nitrogen and oxygen atoms in total. The van der Waals surface area contributed by atoms with Gasteiger partial charge < -0.3 is 24.6 Å². The summed E-state index contributed by atoms with van der Waals surface area (Å²) in [6.45, 7) is 6.53. The second kappa shape index (κ2) is 8.79. The molecule has 1 aliphatic rings. The highest BCUT2D eigenvalue weighted by atomic mass is 16.6. The Hall–Kier alpha value is -2.99. The third kappa shape index (κ3) is 4.44. The first kappa shape index (κ1) is 21.7. The number of aliphatic hydroxyl groups is 1. The Morgan fingerprint density at radius 1 is 1.30 bits per heavy atom. The molecule has 2 aromatic heterocycles. The average Bonchev–Trinajstić information content (AvgIpc) is 3.21. The Kier molecular flexibility index (Phi) is 6.37. The van der Waals surface area contributed by atoms with E-state index in [1.807, 2.05) is 13.8 Å². The van der Waals surface area contributed by atoms with Crippen LogP contribution in [0.4, 0.5) is 5.95 Å². The van der Waals surface area contributed by atoms with Crippen LogP contribution in [0.25, 0.3) is 11.2 Å². The molecule has 0 aromatic carbocycles. The Morgan fingerprint density at radius 2 is 1.97 bits per heavy atom. The quantitative estimate of drug-likeness (QED) is 0.515. The SMILES string of the molecule is CC(=O)O[C@@H]1[C@H](OC(C)=O)[C@@H](CO)O[C@H]1n1cnc2c(=O)[nH]c(NCC(C)C)nc21. The van der Waals surface area contributed by atoms with E-state index in [-0.39, 0.29) is 17.1 Å². The van der Waals surface area contributed by atoms with E-state index in [0.717, 1.165) is 0 Å². The monoisotopic (exact) mass is 423 g/mol. The maximum Gasteiger partial charge on any atom is 0.303 e. The third-order valence-electron chi connectivity index (χ3n) is 4.45. The van der Waals surface area contributed by atoms with Crippen LogP contribution in [-0.4, -0.2) is 68.0 Å². The minimum atomic E-state index is -1.07. The van der Waals surface area contributed by atoms with Gasteiger partial charge in [0.2, 0.25) is 5.95 Å². The van der Waals surface area contributed by atoms with E-state index in [1.54, 1.807) is 0 Å². The van der Waals surface area contributed by atoms with Crippen LogP contribution in [0.5, 0.6) is 0 Å². The van der Waals surface area contributed by atoms with Crippen molar-refractivity contribution in [1.29, 1.82) is 0 Å². The lowest BCUT2D eigenvalue weighted by Gasteiger charge is -2.23. The number of hydrogen-bond donors (Lipinski definition) is 3. The summed E-state index contributed by atoms with van der Waals surface area (Å²) in [7, 11) is 0. The third-order valence-corrected chi connectivity index (χ3v) is 4.45. The summed E-state index contributed by atoms with van der Waals surface area (Å²) in [6, 6.07) is 0. The van der Waals surface area contributed by atoms with Gasteiger partial charge in [-0.15, -0.1) is 0 Å². The molecule has 164 valence electrons. The van der Waals surface area contributed by atoms with Crippen molar-refractivity contribution < 1.29 is 28.9 Å². The molecule has 0 unspecified atom stereocenters. The predicted molar refractivity (Wildman–Crippen MR) is 104 cm³/mol. The molecule has 3 heterocycles. The van der Waals surface area contributed by atoms with Crippen molar-refractivity contribution in [3.8, 4) is 0 Å². The van der Waals surface area contributed by atoms with Crippen molar-refractivity contribution in [1.82, 2.24) is 19.5 Å². The Balaban J connectivity index is 2.04. The number of aromatic nitrogens is 4. The van der Waals surface area contributed by atoms with E-state index in [4.69, 9.17) is 14.2 Å². The summed E-state index contributed by atoms with van der Waals surface area (Å²) in [5.74, 6) is -0.679. The number of esters is 2. The second-order valence-electron chi connectivity index (χ2n) is 7.41. The number of imidazole rings is 1. The summed E-state index contributed by atoms with van der Waals surface area (Å²) in [6.07, 6.45) is -2.76. The van der Waals surface area contributed by atoms with Crippen molar-refractivity contribution in [2.45, 2.75) is 52.2 Å². The second-order valence-corrected chi connectivity index (χ2v) is 7.41. The maximum atomic E-state index is 12.4. The van der Waals surface area contributed by atoms with Crippen LogP contribution in [0.15, 0.2) is 11.1 Å². The van der Waals surface area contributed by atoms with Crippen LogP contribution in [-0.2, 0) is 23.8 Å². The summed E-state index contributed by atoms with van der Waals surface area (Å²) in [5.41, 5.74) is -0.207. The fourth-order valence-corrected chi connectivity index (χ4v) is 3.23. The number of anilines is 1. The number of aliphatic hydroxyl groups excluding tert-OH is 1. The Morgan fingerprint density at radius 3 is 2.57 bits per heavy atom. The number of aromatic amines is 1. The van der Waals surface area contributed by atoms with Crippen LogP contribution >= 0.6 is 0 Å². The molecule has 0 spiro atoms. The molecule has 12 heteroatoms. The minimum Gasteiger partial charge on any atom is -0.456 e. The number of ether oxygens (including phenoxy) is 3. The predicted octanol–water partition coefficient (Wildman–Crippen LogP) is -0.0594. The zero-order chi connectivity index (χ0) is 22.0. The summed E-state index contributed by atoms with van der Waals surface area (Å²) in [5, 5.41) is 12.7. The Labute approximate surface area is 171 Å². The molecule has 0 bridgehead atoms. The lowest BCUT2D eigenvalue weighted by Crippen LogP contribution is -2.40. The number of rotatable bonds is 7. The van der Waals surface area contributed by atoms with Gasteiger partial charge in [-0.3, -0.25) is 23.9 Å². The molecule has 3 N–H and O–H groups in total. The maximum absolute atomic E-state index is 12.4. The van der Waals surface area contributed by atoms with Crippen LogP contribution in [0.1, 0.15) is 33.9 Å². The standard InChI is InChI=1S/C18H25N5O7/c1-8(2)5-19-18-21-15-12(16(27)22-18)20-7-23(15)17-14(29-10(4)26)13(28-9(3)25)11(6-24)30-17/h7-8,11,13-14,17,24H,5-6H2,1-4H3,(H2,19,21,22,27)/t11-,13-,14-,17-/m1/s1. The molecular weight excluding hydrogens is 398 g/mol. The fraction of sp³-hybridized carbons (Fsp3) is 0.611. The molecule has 3 rings (SSSR count). The largest absolute Gasteiger partial charge is 0.456 e. The molecule has 30 heavy (non-hydrogen) atoms. The first-order valence-electron chi connectivity index (χ1n) is 9.52. The molecule has 1 aliphatic heterocycles. The van der Waals surface area contributed by atoms with E-state index in [9.17, 15) is 19.5 Å². The van der Waals surface area contributed by atoms with Gasteiger partial charge in [0, 0.05) is 20.4 Å². The van der Waals surface area contributed by atoms with Gasteiger partial charge in [0.1, 0.15) is 6.10 Å². The average molecular weight is 423 g/mol. The van der Waals surface area contributed by atoms with Gasteiger partial charge in [-0.1, -0.05) is 13.8 Å². The Bertz CT molecular complexity index is 985. The van der Waals surface area contributed by atoms with Gasteiger partial charge in [-0.2, -0.15) is 4.98 Å². The van der Waals surface area contributed by atoms with Gasteiger partial charge >= 0.3 is 11.9 Å². The van der Waals surface area contributed by atoms with Crippen molar-refractivity contribution in [2.24, 2.45) is 5.92 Å². The number of nitrogens with one attached hydrogen (secondary N) is 2. The highest BCUT2D eigenvalue weighted by Crippen LogP contribution is 2.35. The van der Waals surface area contributed by atoms with Gasteiger partial charge in [0.25, 0.3) is 5.56 Å². The zero-order valence-electron chi connectivity index (χ0n) is 17.1. The summed E-state index contributed by atoms with van der Waals surface area (Å²) in [4.78, 5) is 46.7. The topological polar surface area (TPSA) is 158 Å². The van der Waals surface area contributed by atoms with Gasteiger partial charge in [-0.25, -0.2) is 4.98 Å². The normalized spacial score (nSPS) is 23.7. The van der Waals surface area contributed by atoms with Crippen molar-refractivity contribution >= 4 is 29.1 Å². The number of H-pyrrole nitrogens is 1. The highest BCUT2D eigenvalue weighted by molar-refractivity contribution is 5.71. The zero-order valence-corrected chi connectivity index (χ0v) is 17.1. The molecule has 0 aliphatic carbocycles. The lowest BCUT2D eigenvalue weighted by atomic mass is 10.1. The van der Waals surface area contributed by atoms with Crippen molar-refractivity contribution in [2.75, 3.05) is 18.5 Å². The van der Waals surface area contributed by atoms with Crippen molar-refractivity contribution in [3.63, 3.8) is 0 Å². The van der Waals surface area contributed by atoms with Crippen LogP contribution < -0.4 is 10.9 Å². The van der Waals surface area contributed by atoms with Gasteiger partial charge in [-0.05, 0) is 5.92 Å². The number of fused-ring (bicyclic) bond motifs is 1. The highest BCUT2D eigenvalue weighted by Gasteiger charge is 2.50. The fourth-order valence-electron chi connectivity index (χ4n) is 3.23. The molecule has 4 atom stereocenters. The lowest BCUT2D eigenvalue weighted by molar-refractivity contribution is -0.165. The van der Waals surface area contributed by atoms with E-state index in [2.05, 4.69) is 20.3 Å². The number of carbonyl (C=O) groups is 2. The minimum absolute atomic E-state index is 0.0618. The van der Waals surface area contributed by atoms with Crippen LogP contribution in [0.2, 0.25) is 0 Å².